The number of nitrogens with zero attached hydrogens (tertiary/aromatic N) is 2. The van der Waals surface area contributed by atoms with E-state index in [2.05, 4.69) is 41.3 Å². The number of anilines is 2. The molecule has 1 saturated carbocycles. The molecule has 1 aliphatic carbocycles. The van der Waals surface area contributed by atoms with Crippen LogP contribution < -0.4 is 9.80 Å². The van der Waals surface area contributed by atoms with E-state index in [9.17, 15) is 9.59 Å². The van der Waals surface area contributed by atoms with E-state index < -0.39 is 5.97 Å². The van der Waals surface area contributed by atoms with Gasteiger partial charge in [-0.05, 0) is 65.1 Å². The van der Waals surface area contributed by atoms with Crippen molar-refractivity contribution in [3.63, 3.8) is 0 Å². The van der Waals surface area contributed by atoms with Crippen LogP contribution in [0.2, 0.25) is 0 Å². The third-order valence-corrected chi connectivity index (χ3v) is 6.82. The van der Waals surface area contributed by atoms with Crippen molar-refractivity contribution in [2.45, 2.75) is 38.6 Å². The van der Waals surface area contributed by atoms with Crippen LogP contribution >= 0.6 is 0 Å². The number of carbonyl (C=O) groups excluding carboxylic acids is 2. The van der Waals surface area contributed by atoms with Crippen molar-refractivity contribution in [3.8, 4) is 0 Å². The maximum Gasteiger partial charge on any atom is 0.330 e. The Kier molecular flexibility index (Phi) is 7.86. The summed E-state index contributed by atoms with van der Waals surface area (Å²) >= 11 is 0. The van der Waals surface area contributed by atoms with Crippen LogP contribution in [0.3, 0.4) is 0 Å². The fraction of sp³-hybridized carbons (Fsp3) is 0.333. The van der Waals surface area contributed by atoms with Crippen LogP contribution in [0.25, 0.3) is 16.8 Å². The first-order chi connectivity index (χ1) is 17.0. The number of benzene rings is 3. The lowest BCUT2D eigenvalue weighted by atomic mass is 9.88. The Morgan fingerprint density at radius 1 is 0.943 bits per heavy atom. The van der Waals surface area contributed by atoms with Gasteiger partial charge in [-0.15, -0.1) is 0 Å². The van der Waals surface area contributed by atoms with Crippen molar-refractivity contribution < 1.29 is 14.3 Å². The topological polar surface area (TPSA) is 49.9 Å². The summed E-state index contributed by atoms with van der Waals surface area (Å²) in [5, 5.41) is 2.31. The van der Waals surface area contributed by atoms with Crippen LogP contribution in [0.4, 0.5) is 11.4 Å². The summed E-state index contributed by atoms with van der Waals surface area (Å²) in [6.45, 7) is 0.494. The molecular formula is C30H34N2O3. The lowest BCUT2D eigenvalue weighted by molar-refractivity contribution is -0.134. The molecule has 5 nitrogen and oxygen atoms in total. The maximum atomic E-state index is 13.9. The second-order valence-corrected chi connectivity index (χ2v) is 9.43. The van der Waals surface area contributed by atoms with E-state index in [1.165, 1.54) is 19.6 Å². The molecule has 5 heteroatoms. The fourth-order valence-corrected chi connectivity index (χ4v) is 4.81. The van der Waals surface area contributed by atoms with Crippen LogP contribution in [0.1, 0.15) is 43.2 Å². The molecule has 0 saturated heterocycles. The van der Waals surface area contributed by atoms with Gasteiger partial charge >= 0.3 is 5.97 Å². The molecule has 4 rings (SSSR count). The molecule has 1 aliphatic rings. The molecule has 0 radical (unpaired) electrons. The van der Waals surface area contributed by atoms with Crippen LogP contribution in [-0.4, -0.2) is 33.1 Å². The summed E-state index contributed by atoms with van der Waals surface area (Å²) in [7, 11) is 5.44. The maximum absolute atomic E-state index is 13.9. The second kappa shape index (κ2) is 11.2. The van der Waals surface area contributed by atoms with Crippen molar-refractivity contribution in [1.82, 2.24) is 0 Å². The monoisotopic (exact) mass is 470 g/mol. The second-order valence-electron chi connectivity index (χ2n) is 9.43. The minimum absolute atomic E-state index is 0.0466. The predicted octanol–water partition coefficient (Wildman–Crippen LogP) is 6.21. The Morgan fingerprint density at radius 2 is 1.71 bits per heavy atom. The molecule has 0 atom stereocenters. The van der Waals surface area contributed by atoms with E-state index in [-0.39, 0.29) is 11.8 Å². The van der Waals surface area contributed by atoms with Gasteiger partial charge in [0.25, 0.3) is 0 Å². The lowest BCUT2D eigenvalue weighted by Gasteiger charge is -2.30. The van der Waals surface area contributed by atoms with E-state index in [0.29, 0.717) is 6.54 Å². The summed E-state index contributed by atoms with van der Waals surface area (Å²) in [6, 6.07) is 20.5. The molecule has 0 spiro atoms. The molecule has 35 heavy (non-hydrogen) atoms. The Labute approximate surface area is 208 Å². The van der Waals surface area contributed by atoms with Gasteiger partial charge in [0, 0.05) is 37.5 Å². The first kappa shape index (κ1) is 24.5. The molecule has 1 amide bonds. The Morgan fingerprint density at radius 3 is 2.46 bits per heavy atom. The van der Waals surface area contributed by atoms with Crippen molar-refractivity contribution in [2.75, 3.05) is 31.0 Å². The molecule has 0 unspecified atom stereocenters. The first-order valence-corrected chi connectivity index (χ1v) is 12.3. The number of rotatable bonds is 7. The van der Waals surface area contributed by atoms with Gasteiger partial charge in [0.15, 0.2) is 0 Å². The molecular weight excluding hydrogens is 436 g/mol. The summed E-state index contributed by atoms with van der Waals surface area (Å²) < 4.78 is 4.72. The van der Waals surface area contributed by atoms with Crippen molar-refractivity contribution in [3.05, 3.63) is 77.9 Å². The summed E-state index contributed by atoms with van der Waals surface area (Å²) in [4.78, 5) is 29.5. The number of esters is 1. The minimum Gasteiger partial charge on any atom is -0.466 e. The standard InChI is InChI=1S/C30H34N2O3/c1-31(2)26-17-16-23-12-8-13-25(28(23)20-26)21-32(30(34)24-10-5-4-6-11-24)27-14-7-9-22(19-27)15-18-29(33)35-3/h7-9,12-20,24H,4-6,10-11,21H2,1-3H3. The van der Waals surface area contributed by atoms with Gasteiger partial charge in [-0.2, -0.15) is 0 Å². The van der Waals surface area contributed by atoms with Gasteiger partial charge in [0.1, 0.15) is 0 Å². The van der Waals surface area contributed by atoms with Crippen LogP contribution in [0.5, 0.6) is 0 Å². The zero-order valence-electron chi connectivity index (χ0n) is 20.9. The summed E-state index contributed by atoms with van der Waals surface area (Å²) in [5.74, 6) is -0.178. The number of fused-ring (bicyclic) bond motifs is 1. The molecule has 0 aromatic heterocycles. The molecule has 0 heterocycles. The van der Waals surface area contributed by atoms with Crippen LogP contribution in [0, 0.1) is 5.92 Å². The summed E-state index contributed by atoms with van der Waals surface area (Å²) in [6.07, 6.45) is 8.42. The zero-order valence-corrected chi connectivity index (χ0v) is 20.9. The van der Waals surface area contributed by atoms with Gasteiger partial charge in [-0.1, -0.05) is 55.7 Å². The normalized spacial score (nSPS) is 14.3. The molecule has 0 aliphatic heterocycles. The van der Waals surface area contributed by atoms with E-state index in [1.54, 1.807) is 6.08 Å². The van der Waals surface area contributed by atoms with E-state index in [1.807, 2.05) is 43.3 Å². The van der Waals surface area contributed by atoms with Crippen molar-refractivity contribution in [2.24, 2.45) is 5.92 Å². The average Bonchev–Trinajstić information content (AvgIpc) is 2.90. The highest BCUT2D eigenvalue weighted by Gasteiger charge is 2.27. The average molecular weight is 471 g/mol. The van der Waals surface area contributed by atoms with Crippen molar-refractivity contribution in [1.29, 1.82) is 0 Å². The number of ether oxygens (including phenoxy) is 1. The minimum atomic E-state index is -0.405. The fourth-order valence-electron chi connectivity index (χ4n) is 4.81. The zero-order chi connectivity index (χ0) is 24.8. The quantitative estimate of drug-likeness (QED) is 0.304. The Bertz CT molecular complexity index is 1230. The highest BCUT2D eigenvalue weighted by atomic mass is 16.5. The molecule has 3 aromatic carbocycles. The molecule has 182 valence electrons. The van der Waals surface area contributed by atoms with Crippen LogP contribution in [-0.2, 0) is 20.9 Å². The third-order valence-electron chi connectivity index (χ3n) is 6.82. The summed E-state index contributed by atoms with van der Waals surface area (Å²) in [5.41, 5.74) is 3.94. The smallest absolute Gasteiger partial charge is 0.330 e. The van der Waals surface area contributed by atoms with E-state index in [0.717, 1.165) is 59.0 Å². The first-order valence-electron chi connectivity index (χ1n) is 12.3. The highest BCUT2D eigenvalue weighted by molar-refractivity contribution is 5.97. The largest absolute Gasteiger partial charge is 0.466 e. The molecule has 0 N–H and O–H groups in total. The molecule has 0 bridgehead atoms. The number of carbonyl (C=O) groups is 2. The number of hydrogen-bond acceptors (Lipinski definition) is 4. The molecule has 1 fully saturated rings. The van der Waals surface area contributed by atoms with E-state index >= 15 is 0 Å². The third kappa shape index (κ3) is 5.91. The molecule has 3 aromatic rings. The number of methoxy groups -OCH3 is 1. The predicted molar refractivity (Wildman–Crippen MR) is 144 cm³/mol. The Balaban J connectivity index is 1.74. The van der Waals surface area contributed by atoms with Gasteiger partial charge in [0.05, 0.1) is 13.7 Å². The number of amides is 1. The van der Waals surface area contributed by atoms with E-state index in [4.69, 9.17) is 4.74 Å². The van der Waals surface area contributed by atoms with Crippen molar-refractivity contribution >= 4 is 40.1 Å². The van der Waals surface area contributed by atoms with Crippen LogP contribution in [0.15, 0.2) is 66.7 Å². The highest BCUT2D eigenvalue weighted by Crippen LogP contribution is 2.31. The number of hydrogen-bond donors (Lipinski definition) is 0. The van der Waals surface area contributed by atoms with Gasteiger partial charge in [0.2, 0.25) is 5.91 Å². The SMILES string of the molecule is COC(=O)C=Cc1cccc(N(Cc2cccc3ccc(N(C)C)cc23)C(=O)C2CCCCC2)c1. The van der Waals surface area contributed by atoms with Gasteiger partial charge < -0.3 is 14.5 Å². The lowest BCUT2D eigenvalue weighted by Crippen LogP contribution is -2.36. The van der Waals surface area contributed by atoms with Gasteiger partial charge in [-0.25, -0.2) is 4.79 Å². The van der Waals surface area contributed by atoms with Gasteiger partial charge in [-0.3, -0.25) is 4.79 Å². The Hall–Kier alpha value is -3.60.